The Morgan fingerprint density at radius 3 is 2.51 bits per heavy atom. The number of carbonyl (C=O) groups excluding carboxylic acids is 1. The molecule has 5 rings (SSSR count). The van der Waals surface area contributed by atoms with E-state index in [1.54, 1.807) is 24.3 Å². The largest absolute Gasteiger partial charge is 0.573 e. The zero-order valence-electron chi connectivity index (χ0n) is 21.7. The van der Waals surface area contributed by atoms with Crippen LogP contribution in [0.4, 0.5) is 28.0 Å². The summed E-state index contributed by atoms with van der Waals surface area (Å²) >= 11 is 12.5. The highest BCUT2D eigenvalue weighted by molar-refractivity contribution is 6.34. The monoisotopic (exact) mass is 608 g/mol. The first kappa shape index (κ1) is 29.2. The number of aromatic nitrogens is 1. The van der Waals surface area contributed by atoms with Gasteiger partial charge in [0.25, 0.3) is 0 Å². The number of piperidine rings is 1. The van der Waals surface area contributed by atoms with E-state index in [0.717, 1.165) is 11.1 Å². The van der Waals surface area contributed by atoms with Gasteiger partial charge in [-0.05, 0) is 73.5 Å². The van der Waals surface area contributed by atoms with Gasteiger partial charge in [0.15, 0.2) is 0 Å². The van der Waals surface area contributed by atoms with E-state index in [0.29, 0.717) is 38.0 Å². The van der Waals surface area contributed by atoms with Crippen LogP contribution in [0, 0.1) is 5.82 Å². The maximum Gasteiger partial charge on any atom is 0.573 e. The van der Waals surface area contributed by atoms with Crippen molar-refractivity contribution in [3.8, 4) is 5.75 Å². The molecule has 6 nitrogen and oxygen atoms in total. The highest BCUT2D eigenvalue weighted by Gasteiger charge is 2.50. The van der Waals surface area contributed by atoms with Crippen molar-refractivity contribution in [1.29, 1.82) is 0 Å². The van der Waals surface area contributed by atoms with Crippen molar-refractivity contribution in [2.75, 3.05) is 31.1 Å². The van der Waals surface area contributed by atoms with Crippen molar-refractivity contribution in [3.63, 3.8) is 0 Å². The molecular weight excluding hydrogens is 583 g/mol. The van der Waals surface area contributed by atoms with Crippen LogP contribution in [0.25, 0.3) is 6.08 Å². The van der Waals surface area contributed by atoms with Crippen LogP contribution in [0.5, 0.6) is 5.75 Å². The number of benzene rings is 2. The molecule has 2 amide bonds. The van der Waals surface area contributed by atoms with Gasteiger partial charge in [0.2, 0.25) is 0 Å². The van der Waals surface area contributed by atoms with Gasteiger partial charge in [-0.1, -0.05) is 47.5 Å². The van der Waals surface area contributed by atoms with Crippen molar-refractivity contribution < 1.29 is 27.1 Å². The molecule has 2 aliphatic rings. The van der Waals surface area contributed by atoms with E-state index in [-0.39, 0.29) is 40.5 Å². The van der Waals surface area contributed by atoms with Crippen molar-refractivity contribution in [1.82, 2.24) is 15.2 Å². The summed E-state index contributed by atoms with van der Waals surface area (Å²) < 4.78 is 57.9. The number of urea groups is 1. The Labute approximate surface area is 244 Å². The Hall–Kier alpha value is -3.34. The first-order chi connectivity index (χ1) is 19.5. The molecule has 0 radical (unpaired) electrons. The van der Waals surface area contributed by atoms with Gasteiger partial charge in [-0.25, -0.2) is 14.2 Å². The molecule has 1 fully saturated rings. The van der Waals surface area contributed by atoms with E-state index in [9.17, 15) is 22.4 Å². The fraction of sp³-hybridized carbons (Fsp3) is 0.310. The number of likely N-dealkylation sites (tertiary alicyclic amines) is 1. The van der Waals surface area contributed by atoms with Crippen LogP contribution in [0.3, 0.4) is 0 Å². The zero-order chi connectivity index (χ0) is 29.2. The smallest absolute Gasteiger partial charge is 0.405 e. The van der Waals surface area contributed by atoms with Gasteiger partial charge in [0.1, 0.15) is 16.7 Å². The van der Waals surface area contributed by atoms with Crippen molar-refractivity contribution in [2.45, 2.75) is 31.2 Å². The molecule has 0 unspecified atom stereocenters. The van der Waals surface area contributed by atoms with Crippen LogP contribution in [0.1, 0.15) is 29.5 Å². The van der Waals surface area contributed by atoms with Crippen LogP contribution in [-0.4, -0.2) is 48.5 Å². The molecule has 0 saturated carbocycles. The molecule has 3 aromatic rings. The number of nitrogens with zero attached hydrogens (tertiary/aromatic N) is 3. The molecule has 0 bridgehead atoms. The number of nitrogens with one attached hydrogen (secondary N) is 1. The molecule has 1 N–H and O–H groups in total. The minimum atomic E-state index is -4.91. The van der Waals surface area contributed by atoms with Crippen LogP contribution < -0.4 is 15.0 Å². The summed E-state index contributed by atoms with van der Waals surface area (Å²) in [6, 6.07) is 11.5. The van der Waals surface area contributed by atoms with Crippen LogP contribution in [0.2, 0.25) is 10.2 Å². The second-order valence-electron chi connectivity index (χ2n) is 10.1. The van der Waals surface area contributed by atoms with Gasteiger partial charge in [-0.15, -0.1) is 13.2 Å². The predicted molar refractivity (Wildman–Crippen MR) is 150 cm³/mol. The fourth-order valence-electron chi connectivity index (χ4n) is 5.48. The number of anilines is 1. The lowest BCUT2D eigenvalue weighted by molar-refractivity contribution is -0.275. The summed E-state index contributed by atoms with van der Waals surface area (Å²) in [5.41, 5.74) is 1.32. The van der Waals surface area contributed by atoms with Gasteiger partial charge in [-0.2, -0.15) is 0 Å². The summed E-state index contributed by atoms with van der Waals surface area (Å²) in [5.74, 6) is -0.656. The Morgan fingerprint density at radius 1 is 1.10 bits per heavy atom. The van der Waals surface area contributed by atoms with E-state index < -0.39 is 17.8 Å². The summed E-state index contributed by atoms with van der Waals surface area (Å²) in [4.78, 5) is 20.9. The van der Waals surface area contributed by atoms with Gasteiger partial charge in [0.05, 0.1) is 10.7 Å². The average Bonchev–Trinajstić information content (AvgIpc) is 3.26. The van der Waals surface area contributed by atoms with Gasteiger partial charge in [-0.3, -0.25) is 9.80 Å². The second-order valence-corrected chi connectivity index (χ2v) is 10.9. The maximum absolute atomic E-state index is 13.4. The van der Waals surface area contributed by atoms with Crippen molar-refractivity contribution in [2.24, 2.45) is 0 Å². The molecule has 12 heteroatoms. The van der Waals surface area contributed by atoms with Crippen LogP contribution in [-0.2, 0) is 12.0 Å². The molecule has 1 spiro atoms. The molecule has 216 valence electrons. The molecule has 41 heavy (non-hydrogen) atoms. The van der Waals surface area contributed by atoms with E-state index in [4.69, 9.17) is 23.2 Å². The number of ether oxygens (including phenoxy) is 1. The fourth-order valence-corrected chi connectivity index (χ4v) is 5.93. The van der Waals surface area contributed by atoms with E-state index >= 15 is 0 Å². The number of rotatable bonds is 6. The molecule has 3 heterocycles. The number of fused-ring (bicyclic) bond motifs is 2. The predicted octanol–water partition coefficient (Wildman–Crippen LogP) is 7.20. The Balaban J connectivity index is 1.36. The normalized spacial score (nSPS) is 16.8. The molecule has 0 atom stereocenters. The third kappa shape index (κ3) is 6.77. The number of amides is 2. The standard InChI is InChI=1S/C29H26Cl2F4N4O2/c30-22-7-8-23(41-29(33,34)35)25-26(22)39(27(40)37-17-20-9-12-36-24(31)16-20)18-28(25)10-14-38(15-11-28)13-1-2-19-3-5-21(32)6-4-19/h1-9,12,16H,10-11,13-15,17-18H2,(H,37,40). The summed E-state index contributed by atoms with van der Waals surface area (Å²) in [6.45, 7) is 2.07. The minimum absolute atomic E-state index is 0.143. The van der Waals surface area contributed by atoms with Gasteiger partial charge < -0.3 is 10.1 Å². The summed E-state index contributed by atoms with van der Waals surface area (Å²) in [6.07, 6.45) is 1.44. The van der Waals surface area contributed by atoms with Crippen molar-refractivity contribution in [3.05, 3.63) is 93.5 Å². The number of hydrogen-bond donors (Lipinski definition) is 1. The van der Waals surface area contributed by atoms with Gasteiger partial charge >= 0.3 is 12.4 Å². The number of alkyl halides is 3. The average molecular weight is 609 g/mol. The summed E-state index contributed by atoms with van der Waals surface area (Å²) in [7, 11) is 0. The lowest BCUT2D eigenvalue weighted by Crippen LogP contribution is -2.47. The lowest BCUT2D eigenvalue weighted by atomic mass is 9.74. The summed E-state index contributed by atoms with van der Waals surface area (Å²) in [5, 5.41) is 3.26. The van der Waals surface area contributed by atoms with E-state index in [1.807, 2.05) is 12.2 Å². The first-order valence-electron chi connectivity index (χ1n) is 12.9. The van der Waals surface area contributed by atoms with Gasteiger partial charge in [0, 0.05) is 36.8 Å². The Morgan fingerprint density at radius 2 is 1.83 bits per heavy atom. The molecule has 2 aromatic carbocycles. The molecule has 1 aromatic heterocycles. The zero-order valence-corrected chi connectivity index (χ0v) is 23.2. The molecule has 1 saturated heterocycles. The highest BCUT2D eigenvalue weighted by atomic mass is 35.5. The first-order valence-corrected chi connectivity index (χ1v) is 13.7. The Kier molecular flexibility index (Phi) is 8.45. The molecule has 0 aliphatic carbocycles. The quantitative estimate of drug-likeness (QED) is 0.237. The third-order valence-corrected chi connectivity index (χ3v) is 7.93. The second kappa shape index (κ2) is 11.9. The number of carbonyl (C=O) groups is 1. The van der Waals surface area contributed by atoms with Crippen LogP contribution >= 0.6 is 23.2 Å². The van der Waals surface area contributed by atoms with Crippen molar-refractivity contribution >= 4 is 41.0 Å². The maximum atomic E-state index is 13.4. The topological polar surface area (TPSA) is 57.7 Å². The number of halogens is 6. The SMILES string of the molecule is O=C(NCc1ccnc(Cl)c1)N1CC2(CCN(CC=Cc3ccc(F)cc3)CC2)c2c(OC(F)(F)F)ccc(Cl)c21. The molecular formula is C29H26Cl2F4N4O2. The van der Waals surface area contributed by atoms with E-state index in [2.05, 4.69) is 19.9 Å². The number of hydrogen-bond acceptors (Lipinski definition) is 4. The molecule has 2 aliphatic heterocycles. The minimum Gasteiger partial charge on any atom is -0.405 e. The van der Waals surface area contributed by atoms with Crippen LogP contribution in [0.15, 0.2) is 60.8 Å². The van der Waals surface area contributed by atoms with E-state index in [1.165, 1.54) is 35.4 Å². The number of pyridine rings is 1. The lowest BCUT2D eigenvalue weighted by Gasteiger charge is -2.40. The Bertz CT molecular complexity index is 1440. The highest BCUT2D eigenvalue weighted by Crippen LogP contribution is 2.54. The third-order valence-electron chi connectivity index (χ3n) is 7.41.